The number of hydrogen-bond acceptors (Lipinski definition) is 5. The Hall–Kier alpha value is -2.28. The average Bonchev–Trinajstić information content (AvgIpc) is 3.24. The maximum absolute atomic E-state index is 12.3. The molecule has 2 aromatic heterocycles. The Morgan fingerprint density at radius 2 is 1.88 bits per heavy atom. The van der Waals surface area contributed by atoms with Crippen molar-refractivity contribution < 1.29 is 9.59 Å². The molecule has 2 N–H and O–H groups in total. The van der Waals surface area contributed by atoms with E-state index in [0.717, 1.165) is 17.8 Å². The van der Waals surface area contributed by atoms with E-state index < -0.39 is 0 Å². The highest BCUT2D eigenvalue weighted by molar-refractivity contribution is 7.13. The van der Waals surface area contributed by atoms with Crippen molar-refractivity contribution in [3.05, 3.63) is 34.4 Å². The van der Waals surface area contributed by atoms with E-state index in [1.807, 2.05) is 0 Å². The molecule has 0 atom stereocenters. The standard InChI is InChI=1S/C17H20N4O2S/c1-17(2,3)16-19-9-12(24-16)15(23)20-11-6-7-13(18-8-11)21-14(22)10-4-5-10/h6-10H,4-5H2,1-3H3,(H,20,23)(H,18,21,22). The number of thiazole rings is 1. The SMILES string of the molecule is CC(C)(C)c1ncc(C(=O)Nc2ccc(NC(=O)C3CC3)nc2)s1. The molecule has 1 aliphatic rings. The molecule has 0 aromatic carbocycles. The van der Waals surface area contributed by atoms with Gasteiger partial charge < -0.3 is 10.6 Å². The number of amides is 2. The first kappa shape index (κ1) is 16.6. The number of carbonyl (C=O) groups is 2. The molecule has 0 aliphatic heterocycles. The summed E-state index contributed by atoms with van der Waals surface area (Å²) >= 11 is 1.39. The van der Waals surface area contributed by atoms with E-state index in [9.17, 15) is 9.59 Å². The highest BCUT2D eigenvalue weighted by Crippen LogP contribution is 2.30. The zero-order valence-corrected chi connectivity index (χ0v) is 14.7. The van der Waals surface area contributed by atoms with Gasteiger partial charge in [-0.05, 0) is 25.0 Å². The van der Waals surface area contributed by atoms with E-state index in [1.165, 1.54) is 17.5 Å². The van der Waals surface area contributed by atoms with E-state index in [-0.39, 0.29) is 23.1 Å². The minimum Gasteiger partial charge on any atom is -0.320 e. The lowest BCUT2D eigenvalue weighted by Crippen LogP contribution is -2.15. The van der Waals surface area contributed by atoms with Gasteiger partial charge in [0.05, 0.1) is 23.1 Å². The molecule has 1 aliphatic carbocycles. The lowest BCUT2D eigenvalue weighted by atomic mass is 9.98. The molecule has 0 saturated heterocycles. The summed E-state index contributed by atoms with van der Waals surface area (Å²) in [5.41, 5.74) is 0.502. The Bertz CT molecular complexity index is 758. The summed E-state index contributed by atoms with van der Waals surface area (Å²) in [5, 5.41) is 6.48. The second-order valence-electron chi connectivity index (χ2n) is 6.93. The summed E-state index contributed by atoms with van der Waals surface area (Å²) in [6.07, 6.45) is 5.03. The van der Waals surface area contributed by atoms with Gasteiger partial charge in [0.2, 0.25) is 5.91 Å². The number of rotatable bonds is 4. The Morgan fingerprint density at radius 3 is 2.42 bits per heavy atom. The van der Waals surface area contributed by atoms with Crippen LogP contribution in [0.1, 0.15) is 48.3 Å². The zero-order chi connectivity index (χ0) is 17.3. The second kappa shape index (κ2) is 6.32. The third kappa shape index (κ3) is 3.97. The van der Waals surface area contributed by atoms with Crippen LogP contribution in [0.15, 0.2) is 24.5 Å². The monoisotopic (exact) mass is 344 g/mol. The predicted molar refractivity (Wildman–Crippen MR) is 94.4 cm³/mol. The van der Waals surface area contributed by atoms with Crippen molar-refractivity contribution in [1.29, 1.82) is 0 Å². The minimum absolute atomic E-state index is 0.0126. The molecule has 126 valence electrons. The first-order valence-corrected chi connectivity index (χ1v) is 8.69. The highest BCUT2D eigenvalue weighted by Gasteiger charge is 2.29. The molecule has 2 amide bonds. The Morgan fingerprint density at radius 1 is 1.12 bits per heavy atom. The van der Waals surface area contributed by atoms with Crippen molar-refractivity contribution in [3.8, 4) is 0 Å². The van der Waals surface area contributed by atoms with Gasteiger partial charge in [0.25, 0.3) is 5.91 Å². The Kier molecular flexibility index (Phi) is 4.36. The molecular formula is C17H20N4O2S. The van der Waals surface area contributed by atoms with E-state index in [0.29, 0.717) is 16.4 Å². The first-order valence-electron chi connectivity index (χ1n) is 7.87. The second-order valence-corrected chi connectivity index (χ2v) is 7.96. The smallest absolute Gasteiger partial charge is 0.267 e. The number of anilines is 2. The molecule has 0 bridgehead atoms. The summed E-state index contributed by atoms with van der Waals surface area (Å²) in [6, 6.07) is 3.41. The molecule has 6 nitrogen and oxygen atoms in total. The largest absolute Gasteiger partial charge is 0.320 e. The summed E-state index contributed by atoms with van der Waals surface area (Å²) in [6.45, 7) is 6.18. The fraction of sp³-hybridized carbons (Fsp3) is 0.412. The van der Waals surface area contributed by atoms with Gasteiger partial charge in [0.1, 0.15) is 10.7 Å². The van der Waals surface area contributed by atoms with Crippen LogP contribution in [0.5, 0.6) is 0 Å². The summed E-state index contributed by atoms with van der Waals surface area (Å²) in [7, 11) is 0. The van der Waals surface area contributed by atoms with Crippen molar-refractivity contribution in [2.24, 2.45) is 5.92 Å². The number of hydrogen-bond donors (Lipinski definition) is 2. The van der Waals surface area contributed by atoms with E-state index in [2.05, 4.69) is 41.4 Å². The van der Waals surface area contributed by atoms with Crippen LogP contribution < -0.4 is 10.6 Å². The average molecular weight is 344 g/mol. The molecule has 24 heavy (non-hydrogen) atoms. The number of nitrogens with zero attached hydrogens (tertiary/aromatic N) is 2. The maximum atomic E-state index is 12.3. The van der Waals surface area contributed by atoms with Gasteiger partial charge in [-0.3, -0.25) is 9.59 Å². The van der Waals surface area contributed by atoms with E-state index in [4.69, 9.17) is 0 Å². The summed E-state index contributed by atoms with van der Waals surface area (Å²) in [4.78, 5) is 33.0. The van der Waals surface area contributed by atoms with Crippen molar-refractivity contribution in [1.82, 2.24) is 9.97 Å². The molecule has 0 radical (unpaired) electrons. The lowest BCUT2D eigenvalue weighted by Gasteiger charge is -2.13. The first-order chi connectivity index (χ1) is 11.3. The van der Waals surface area contributed by atoms with Gasteiger partial charge in [-0.2, -0.15) is 0 Å². The molecule has 2 heterocycles. The molecule has 1 fully saturated rings. The van der Waals surface area contributed by atoms with Crippen LogP contribution in [0.4, 0.5) is 11.5 Å². The fourth-order valence-electron chi connectivity index (χ4n) is 2.03. The summed E-state index contributed by atoms with van der Waals surface area (Å²) in [5.74, 6) is 0.436. The normalized spacial score (nSPS) is 14.3. The quantitative estimate of drug-likeness (QED) is 0.890. The minimum atomic E-state index is -0.209. The van der Waals surface area contributed by atoms with E-state index >= 15 is 0 Å². The fourth-order valence-corrected chi connectivity index (χ4v) is 2.90. The van der Waals surface area contributed by atoms with Crippen LogP contribution in [-0.2, 0) is 10.2 Å². The van der Waals surface area contributed by atoms with Gasteiger partial charge in [-0.1, -0.05) is 20.8 Å². The van der Waals surface area contributed by atoms with Crippen LogP contribution in [-0.4, -0.2) is 21.8 Å². The number of pyridine rings is 1. The molecule has 2 aromatic rings. The third-order valence-corrected chi connectivity index (χ3v) is 5.01. The van der Waals surface area contributed by atoms with Crippen molar-refractivity contribution in [2.45, 2.75) is 39.0 Å². The topological polar surface area (TPSA) is 84.0 Å². The zero-order valence-electron chi connectivity index (χ0n) is 13.9. The Labute approximate surface area is 144 Å². The van der Waals surface area contributed by atoms with Crippen LogP contribution >= 0.6 is 11.3 Å². The molecular weight excluding hydrogens is 324 g/mol. The van der Waals surface area contributed by atoms with Crippen LogP contribution in [0.2, 0.25) is 0 Å². The van der Waals surface area contributed by atoms with Crippen molar-refractivity contribution >= 4 is 34.7 Å². The van der Waals surface area contributed by atoms with Crippen molar-refractivity contribution in [2.75, 3.05) is 10.6 Å². The molecule has 1 saturated carbocycles. The predicted octanol–water partition coefficient (Wildman–Crippen LogP) is 3.44. The van der Waals surface area contributed by atoms with Crippen LogP contribution in [0.3, 0.4) is 0 Å². The third-order valence-electron chi connectivity index (χ3n) is 3.59. The van der Waals surface area contributed by atoms with Crippen LogP contribution in [0, 0.1) is 5.92 Å². The number of aromatic nitrogens is 2. The van der Waals surface area contributed by atoms with Gasteiger partial charge in [0.15, 0.2) is 0 Å². The maximum Gasteiger partial charge on any atom is 0.267 e. The summed E-state index contributed by atoms with van der Waals surface area (Å²) < 4.78 is 0. The Balaban J connectivity index is 1.61. The van der Waals surface area contributed by atoms with Gasteiger partial charge in [-0.15, -0.1) is 11.3 Å². The van der Waals surface area contributed by atoms with Gasteiger partial charge in [-0.25, -0.2) is 9.97 Å². The molecule has 0 unspecified atom stereocenters. The van der Waals surface area contributed by atoms with Crippen LogP contribution in [0.25, 0.3) is 0 Å². The highest BCUT2D eigenvalue weighted by atomic mass is 32.1. The molecule has 3 rings (SSSR count). The molecule has 0 spiro atoms. The van der Waals surface area contributed by atoms with Gasteiger partial charge in [0, 0.05) is 11.3 Å². The van der Waals surface area contributed by atoms with E-state index in [1.54, 1.807) is 18.3 Å². The molecule has 7 heteroatoms. The number of nitrogens with one attached hydrogen (secondary N) is 2. The van der Waals surface area contributed by atoms with Gasteiger partial charge >= 0.3 is 0 Å². The number of carbonyl (C=O) groups excluding carboxylic acids is 2. The van der Waals surface area contributed by atoms with Crippen molar-refractivity contribution in [3.63, 3.8) is 0 Å². The lowest BCUT2D eigenvalue weighted by molar-refractivity contribution is -0.117.